The van der Waals surface area contributed by atoms with Gasteiger partial charge in [0, 0.05) is 26.7 Å². The predicted octanol–water partition coefficient (Wildman–Crippen LogP) is 7.28. The first-order valence-electron chi connectivity index (χ1n) is 10.2. The van der Waals surface area contributed by atoms with Gasteiger partial charge < -0.3 is 14.5 Å². The summed E-state index contributed by atoms with van der Waals surface area (Å²) in [6.45, 7) is 1.75. The van der Waals surface area contributed by atoms with E-state index >= 15 is 0 Å². The van der Waals surface area contributed by atoms with Gasteiger partial charge in [0.05, 0.1) is 0 Å². The third-order valence-corrected chi connectivity index (χ3v) is 6.02. The number of hydrogen-bond donors (Lipinski definition) is 1. The third kappa shape index (κ3) is 4.38. The van der Waals surface area contributed by atoms with Gasteiger partial charge in [-0.25, -0.2) is 4.98 Å². The Balaban J connectivity index is 1.35. The monoisotopic (exact) mass is 476 g/mol. The summed E-state index contributed by atoms with van der Waals surface area (Å²) in [5.41, 5.74) is 3.59. The van der Waals surface area contributed by atoms with Crippen LogP contribution in [0, 0.1) is 6.92 Å². The van der Waals surface area contributed by atoms with E-state index in [4.69, 9.17) is 32.4 Å². The second kappa shape index (κ2) is 8.77. The van der Waals surface area contributed by atoms with Crippen LogP contribution in [0.5, 0.6) is 5.75 Å². The number of carbonyl (C=O) groups is 1. The molecule has 5 rings (SSSR count). The first-order chi connectivity index (χ1) is 16.0. The van der Waals surface area contributed by atoms with Gasteiger partial charge in [-0.2, -0.15) is 0 Å². The summed E-state index contributed by atoms with van der Waals surface area (Å²) in [4.78, 5) is 17.0. The van der Waals surface area contributed by atoms with Crippen LogP contribution in [0.25, 0.3) is 33.3 Å². The Hall–Kier alpha value is -3.54. The van der Waals surface area contributed by atoms with Crippen LogP contribution in [-0.4, -0.2) is 17.5 Å². The molecule has 1 amide bonds. The van der Waals surface area contributed by atoms with Crippen molar-refractivity contribution in [2.24, 2.45) is 0 Å². The van der Waals surface area contributed by atoms with Gasteiger partial charge >= 0.3 is 0 Å². The molecule has 0 aliphatic heterocycles. The summed E-state index contributed by atoms with van der Waals surface area (Å²) in [6.07, 6.45) is 0. The maximum Gasteiger partial charge on any atom is 0.262 e. The summed E-state index contributed by atoms with van der Waals surface area (Å²) in [5.74, 6) is 0.788. The van der Waals surface area contributed by atoms with Gasteiger partial charge in [0.2, 0.25) is 5.89 Å². The Labute approximate surface area is 199 Å². The predicted molar refractivity (Wildman–Crippen MR) is 132 cm³/mol. The molecule has 0 radical (unpaired) electrons. The molecular weight excluding hydrogens is 459 g/mol. The lowest BCUT2D eigenvalue weighted by Gasteiger charge is -2.08. The molecule has 0 aliphatic carbocycles. The molecule has 1 aromatic heterocycles. The molecule has 164 valence electrons. The maximum atomic E-state index is 12.4. The number of hydrogen-bond acceptors (Lipinski definition) is 4. The molecule has 33 heavy (non-hydrogen) atoms. The fourth-order valence-corrected chi connectivity index (χ4v) is 3.99. The van der Waals surface area contributed by atoms with Crippen LogP contribution in [0.15, 0.2) is 77.2 Å². The van der Waals surface area contributed by atoms with Crippen LogP contribution in [0.3, 0.4) is 0 Å². The van der Waals surface area contributed by atoms with E-state index in [0.29, 0.717) is 38.5 Å². The molecule has 0 saturated carbocycles. The molecule has 0 fully saturated rings. The van der Waals surface area contributed by atoms with Gasteiger partial charge in [-0.3, -0.25) is 4.79 Å². The minimum Gasteiger partial charge on any atom is -0.484 e. The molecule has 0 atom stereocenters. The first kappa shape index (κ1) is 21.3. The molecule has 0 bridgehead atoms. The number of ether oxygens (including phenoxy) is 1. The molecule has 5 nitrogen and oxygen atoms in total. The van der Waals surface area contributed by atoms with E-state index in [0.717, 1.165) is 21.9 Å². The zero-order valence-electron chi connectivity index (χ0n) is 17.6. The van der Waals surface area contributed by atoms with Crippen molar-refractivity contribution in [2.75, 3.05) is 11.9 Å². The second-order valence-corrected chi connectivity index (χ2v) is 8.40. The van der Waals surface area contributed by atoms with Crippen LogP contribution in [-0.2, 0) is 4.79 Å². The average Bonchev–Trinajstić information content (AvgIpc) is 3.23. The van der Waals surface area contributed by atoms with Crippen LogP contribution in [0.1, 0.15) is 5.56 Å². The largest absolute Gasteiger partial charge is 0.484 e. The summed E-state index contributed by atoms with van der Waals surface area (Å²) >= 11 is 12.4. The zero-order valence-corrected chi connectivity index (χ0v) is 19.1. The average molecular weight is 477 g/mol. The summed E-state index contributed by atoms with van der Waals surface area (Å²) in [5, 5.41) is 6.04. The molecule has 4 aromatic carbocycles. The zero-order chi connectivity index (χ0) is 22.9. The molecule has 5 aromatic rings. The highest BCUT2D eigenvalue weighted by Crippen LogP contribution is 2.34. The lowest BCUT2D eigenvalue weighted by atomic mass is 10.0. The van der Waals surface area contributed by atoms with E-state index in [1.165, 1.54) is 0 Å². The number of aryl methyl sites for hydroxylation is 1. The Kier molecular flexibility index (Phi) is 5.67. The van der Waals surface area contributed by atoms with E-state index in [2.05, 4.69) is 10.3 Å². The van der Waals surface area contributed by atoms with Gasteiger partial charge in [0.1, 0.15) is 11.3 Å². The van der Waals surface area contributed by atoms with Crippen molar-refractivity contribution in [1.29, 1.82) is 0 Å². The summed E-state index contributed by atoms with van der Waals surface area (Å²) in [7, 11) is 0. The Morgan fingerprint density at radius 3 is 2.64 bits per heavy atom. The lowest BCUT2D eigenvalue weighted by Crippen LogP contribution is -2.20. The molecule has 1 N–H and O–H groups in total. The van der Waals surface area contributed by atoms with Crippen molar-refractivity contribution >= 4 is 56.7 Å². The summed E-state index contributed by atoms with van der Waals surface area (Å²) in [6, 6.07) is 22.1. The van der Waals surface area contributed by atoms with E-state index in [1.807, 2.05) is 43.3 Å². The quantitative estimate of drug-likeness (QED) is 0.289. The Morgan fingerprint density at radius 1 is 0.970 bits per heavy atom. The highest BCUT2D eigenvalue weighted by Gasteiger charge is 2.13. The molecule has 1 heterocycles. The van der Waals surface area contributed by atoms with Crippen LogP contribution < -0.4 is 10.1 Å². The van der Waals surface area contributed by atoms with Crippen molar-refractivity contribution in [2.45, 2.75) is 6.92 Å². The SMILES string of the molecule is Cc1cc(OCC(=O)Nc2ccc3oc(-c4cccc5c(Cl)cccc45)nc3c2)ccc1Cl. The van der Waals surface area contributed by atoms with Gasteiger partial charge in [-0.05, 0) is 66.4 Å². The van der Waals surface area contributed by atoms with E-state index in [1.54, 1.807) is 36.4 Å². The number of rotatable bonds is 5. The van der Waals surface area contributed by atoms with Crippen molar-refractivity contribution in [3.05, 3.63) is 88.4 Å². The number of oxazole rings is 1. The van der Waals surface area contributed by atoms with E-state index < -0.39 is 0 Å². The molecule has 0 aliphatic rings. The number of anilines is 1. The van der Waals surface area contributed by atoms with E-state index in [-0.39, 0.29) is 12.5 Å². The number of halogens is 2. The normalized spacial score (nSPS) is 11.1. The van der Waals surface area contributed by atoms with Gasteiger partial charge in [-0.15, -0.1) is 0 Å². The van der Waals surface area contributed by atoms with Gasteiger partial charge in [0.25, 0.3) is 5.91 Å². The van der Waals surface area contributed by atoms with Crippen molar-refractivity contribution in [3.8, 4) is 17.2 Å². The van der Waals surface area contributed by atoms with Crippen molar-refractivity contribution in [1.82, 2.24) is 4.98 Å². The van der Waals surface area contributed by atoms with E-state index in [9.17, 15) is 4.79 Å². The first-order valence-corrected chi connectivity index (χ1v) is 11.0. The highest BCUT2D eigenvalue weighted by atomic mass is 35.5. The minimum absolute atomic E-state index is 0.125. The fourth-order valence-electron chi connectivity index (χ4n) is 3.63. The summed E-state index contributed by atoms with van der Waals surface area (Å²) < 4.78 is 11.5. The highest BCUT2D eigenvalue weighted by molar-refractivity contribution is 6.35. The molecule has 0 unspecified atom stereocenters. The Morgan fingerprint density at radius 2 is 1.79 bits per heavy atom. The number of nitrogens with zero attached hydrogens (tertiary/aromatic N) is 1. The van der Waals surface area contributed by atoms with Gasteiger partial charge in [-0.1, -0.05) is 47.5 Å². The smallest absolute Gasteiger partial charge is 0.262 e. The molecular formula is C26H18Cl2N2O3. The number of nitrogens with one attached hydrogen (secondary N) is 1. The fraction of sp³-hybridized carbons (Fsp3) is 0.0769. The van der Waals surface area contributed by atoms with Crippen LogP contribution in [0.4, 0.5) is 5.69 Å². The number of benzene rings is 4. The number of carbonyl (C=O) groups excluding carboxylic acids is 1. The molecule has 0 saturated heterocycles. The van der Waals surface area contributed by atoms with Gasteiger partial charge in [0.15, 0.2) is 12.2 Å². The standard InChI is InChI=1S/C26H18Cl2N2O3/c1-15-12-17(9-10-21(15)27)32-14-25(31)29-16-8-11-24-23(13-16)30-26(33-24)20-6-2-5-19-18(20)4-3-7-22(19)28/h2-13H,14H2,1H3,(H,29,31). The van der Waals surface area contributed by atoms with Crippen molar-refractivity contribution < 1.29 is 13.9 Å². The molecule has 0 spiro atoms. The van der Waals surface area contributed by atoms with Crippen molar-refractivity contribution in [3.63, 3.8) is 0 Å². The third-order valence-electron chi connectivity index (χ3n) is 5.27. The van der Waals surface area contributed by atoms with Crippen LogP contribution in [0.2, 0.25) is 10.0 Å². The second-order valence-electron chi connectivity index (χ2n) is 7.59. The molecule has 7 heteroatoms. The van der Waals surface area contributed by atoms with Crippen LogP contribution >= 0.6 is 23.2 Å². The number of fused-ring (bicyclic) bond motifs is 2. The number of amides is 1. The Bertz CT molecular complexity index is 1510. The maximum absolute atomic E-state index is 12.4. The topological polar surface area (TPSA) is 64.4 Å². The minimum atomic E-state index is -0.283. The lowest BCUT2D eigenvalue weighted by molar-refractivity contribution is -0.118. The number of aromatic nitrogens is 1.